The number of rotatable bonds is 7. The lowest BCUT2D eigenvalue weighted by Crippen LogP contribution is -2.26. The van der Waals surface area contributed by atoms with Gasteiger partial charge in [-0.3, -0.25) is 4.79 Å². The number of hydrogen-bond acceptors (Lipinski definition) is 4. The summed E-state index contributed by atoms with van der Waals surface area (Å²) in [5.74, 6) is 1.30. The molecule has 136 valence electrons. The highest BCUT2D eigenvalue weighted by Crippen LogP contribution is 2.33. The van der Waals surface area contributed by atoms with Crippen molar-refractivity contribution in [1.82, 2.24) is 9.88 Å². The molecule has 0 saturated carbocycles. The Bertz CT molecular complexity index is 939. The lowest BCUT2D eigenvalue weighted by Gasteiger charge is -2.13. The highest BCUT2D eigenvalue weighted by molar-refractivity contribution is 9.11. The average molecular weight is 435 g/mol. The van der Waals surface area contributed by atoms with Crippen LogP contribution in [0.25, 0.3) is 10.2 Å². The highest BCUT2D eigenvalue weighted by Gasteiger charge is 2.18. The van der Waals surface area contributed by atoms with E-state index in [9.17, 15) is 4.79 Å². The van der Waals surface area contributed by atoms with E-state index in [4.69, 9.17) is 9.47 Å². The number of fused-ring (bicyclic) bond motifs is 1. The van der Waals surface area contributed by atoms with Gasteiger partial charge >= 0.3 is 0 Å². The SMILES string of the molecule is C=CCNC(=O)c1cc2sc(Br)cc2n1Cc1cc(OC)cc(OC)c1. The maximum Gasteiger partial charge on any atom is 0.268 e. The number of ether oxygens (including phenoxy) is 2. The third-order valence-electron chi connectivity index (χ3n) is 3.95. The Morgan fingerprint density at radius 3 is 2.54 bits per heavy atom. The molecule has 0 spiro atoms. The third-order valence-corrected chi connectivity index (χ3v) is 5.53. The molecule has 1 amide bonds. The van der Waals surface area contributed by atoms with E-state index in [2.05, 4.69) is 27.8 Å². The van der Waals surface area contributed by atoms with Gasteiger partial charge in [-0.1, -0.05) is 6.08 Å². The molecule has 3 rings (SSSR count). The maximum absolute atomic E-state index is 12.6. The number of benzene rings is 1. The smallest absolute Gasteiger partial charge is 0.268 e. The molecule has 26 heavy (non-hydrogen) atoms. The van der Waals surface area contributed by atoms with Crippen molar-refractivity contribution in [2.45, 2.75) is 6.54 Å². The van der Waals surface area contributed by atoms with Gasteiger partial charge in [-0.2, -0.15) is 0 Å². The summed E-state index contributed by atoms with van der Waals surface area (Å²) >= 11 is 5.12. The lowest BCUT2D eigenvalue weighted by atomic mass is 10.2. The number of thiophene rings is 1. The maximum atomic E-state index is 12.6. The van der Waals surface area contributed by atoms with Crippen LogP contribution >= 0.6 is 27.3 Å². The Hall–Kier alpha value is -2.25. The predicted octanol–water partition coefficient (Wildman–Crippen LogP) is 4.45. The topological polar surface area (TPSA) is 52.5 Å². The molecule has 5 nitrogen and oxygen atoms in total. The van der Waals surface area contributed by atoms with Crippen molar-refractivity contribution < 1.29 is 14.3 Å². The minimum atomic E-state index is -0.126. The lowest BCUT2D eigenvalue weighted by molar-refractivity contribution is 0.0949. The molecule has 0 aliphatic carbocycles. The summed E-state index contributed by atoms with van der Waals surface area (Å²) in [6.07, 6.45) is 1.66. The second-order valence-corrected chi connectivity index (χ2v) is 8.10. The number of hydrogen-bond donors (Lipinski definition) is 1. The fourth-order valence-corrected chi connectivity index (χ4v) is 4.33. The van der Waals surface area contributed by atoms with Crippen LogP contribution in [0.15, 0.2) is 46.8 Å². The average Bonchev–Trinajstić information content (AvgIpc) is 3.16. The Balaban J connectivity index is 2.05. The normalized spacial score (nSPS) is 10.7. The molecule has 1 N–H and O–H groups in total. The number of carbonyl (C=O) groups is 1. The van der Waals surface area contributed by atoms with Crippen LogP contribution in [0.1, 0.15) is 16.1 Å². The Kier molecular flexibility index (Phi) is 5.68. The van der Waals surface area contributed by atoms with Crippen molar-refractivity contribution >= 4 is 43.4 Å². The first-order valence-electron chi connectivity index (χ1n) is 7.95. The number of nitrogens with zero attached hydrogens (tertiary/aromatic N) is 1. The summed E-state index contributed by atoms with van der Waals surface area (Å²) in [6, 6.07) is 9.66. The van der Waals surface area contributed by atoms with Crippen molar-refractivity contribution in [3.8, 4) is 11.5 Å². The van der Waals surface area contributed by atoms with Crippen LogP contribution in [0.5, 0.6) is 11.5 Å². The fourth-order valence-electron chi connectivity index (χ4n) is 2.77. The van der Waals surface area contributed by atoms with Crippen LogP contribution in [0, 0.1) is 0 Å². The van der Waals surface area contributed by atoms with Crippen molar-refractivity contribution in [1.29, 1.82) is 0 Å². The van der Waals surface area contributed by atoms with Crippen LogP contribution in [0.4, 0.5) is 0 Å². The number of aromatic nitrogens is 1. The third kappa shape index (κ3) is 3.78. The standard InChI is InChI=1S/C19H19BrN2O3S/c1-4-5-21-19(23)16-9-17-15(10-18(20)26-17)22(16)11-12-6-13(24-2)8-14(7-12)25-3/h4,6-10H,1,5,11H2,2-3H3,(H,21,23). The molecule has 0 unspecified atom stereocenters. The van der Waals surface area contributed by atoms with Gasteiger partial charge in [0.15, 0.2) is 0 Å². The van der Waals surface area contributed by atoms with Gasteiger partial charge < -0.3 is 19.4 Å². The molecule has 3 aromatic rings. The molecule has 0 atom stereocenters. The minimum Gasteiger partial charge on any atom is -0.497 e. The van der Waals surface area contributed by atoms with Crippen molar-refractivity contribution in [3.63, 3.8) is 0 Å². The summed E-state index contributed by atoms with van der Waals surface area (Å²) in [7, 11) is 3.24. The summed E-state index contributed by atoms with van der Waals surface area (Å²) in [4.78, 5) is 12.6. The molecular formula is C19H19BrN2O3S. The van der Waals surface area contributed by atoms with Gasteiger partial charge in [0.2, 0.25) is 0 Å². The minimum absolute atomic E-state index is 0.126. The monoisotopic (exact) mass is 434 g/mol. The van der Waals surface area contributed by atoms with Gasteiger partial charge in [-0.05, 0) is 45.8 Å². The van der Waals surface area contributed by atoms with Crippen LogP contribution in [-0.4, -0.2) is 31.2 Å². The quantitative estimate of drug-likeness (QED) is 0.558. The van der Waals surface area contributed by atoms with Crippen molar-refractivity contribution in [2.24, 2.45) is 0 Å². The highest BCUT2D eigenvalue weighted by atomic mass is 79.9. The van der Waals surface area contributed by atoms with Crippen LogP contribution < -0.4 is 14.8 Å². The number of amides is 1. The van der Waals surface area contributed by atoms with Gasteiger partial charge in [-0.25, -0.2) is 0 Å². The van der Waals surface area contributed by atoms with Gasteiger partial charge in [-0.15, -0.1) is 17.9 Å². The number of halogens is 1. The molecule has 0 fully saturated rings. The Morgan fingerprint density at radius 2 is 1.92 bits per heavy atom. The molecular weight excluding hydrogens is 416 g/mol. The second-order valence-electron chi connectivity index (χ2n) is 5.64. The van der Waals surface area contributed by atoms with Crippen molar-refractivity contribution in [3.05, 3.63) is 58.0 Å². The predicted molar refractivity (Wildman–Crippen MR) is 109 cm³/mol. The van der Waals surface area contributed by atoms with E-state index in [-0.39, 0.29) is 5.91 Å². The van der Waals surface area contributed by atoms with E-state index in [0.29, 0.717) is 30.3 Å². The zero-order chi connectivity index (χ0) is 18.7. The van der Waals surface area contributed by atoms with E-state index >= 15 is 0 Å². The molecule has 0 aliphatic heterocycles. The van der Waals surface area contributed by atoms with E-state index in [1.54, 1.807) is 31.6 Å². The molecule has 2 aromatic heterocycles. The summed E-state index contributed by atoms with van der Waals surface area (Å²) in [5, 5.41) is 2.85. The molecule has 7 heteroatoms. The van der Waals surface area contributed by atoms with Gasteiger partial charge in [0.1, 0.15) is 17.2 Å². The summed E-state index contributed by atoms with van der Waals surface area (Å²) < 4.78 is 14.8. The molecule has 0 saturated heterocycles. The van der Waals surface area contributed by atoms with Crippen LogP contribution in [0.3, 0.4) is 0 Å². The number of methoxy groups -OCH3 is 2. The Labute approximate surface area is 164 Å². The first-order chi connectivity index (χ1) is 12.5. The zero-order valence-corrected chi connectivity index (χ0v) is 16.9. The van der Waals surface area contributed by atoms with E-state index < -0.39 is 0 Å². The number of carbonyl (C=O) groups excluding carboxylic acids is 1. The van der Waals surface area contributed by atoms with Crippen LogP contribution in [-0.2, 0) is 6.54 Å². The first-order valence-corrected chi connectivity index (χ1v) is 9.56. The summed E-state index contributed by atoms with van der Waals surface area (Å²) in [6.45, 7) is 4.60. The summed E-state index contributed by atoms with van der Waals surface area (Å²) in [5.41, 5.74) is 2.61. The molecule has 0 radical (unpaired) electrons. The van der Waals surface area contributed by atoms with Gasteiger partial charge in [0.05, 0.1) is 28.2 Å². The number of nitrogens with one attached hydrogen (secondary N) is 1. The fraction of sp³-hybridized carbons (Fsp3) is 0.211. The Morgan fingerprint density at radius 1 is 1.23 bits per heavy atom. The first kappa shape index (κ1) is 18.5. The van der Waals surface area contributed by atoms with E-state index in [1.165, 1.54) is 0 Å². The van der Waals surface area contributed by atoms with Gasteiger partial charge in [0, 0.05) is 19.2 Å². The molecule has 2 heterocycles. The molecule has 1 aromatic carbocycles. The van der Waals surface area contributed by atoms with Crippen molar-refractivity contribution in [2.75, 3.05) is 20.8 Å². The van der Waals surface area contributed by atoms with Gasteiger partial charge in [0.25, 0.3) is 5.91 Å². The zero-order valence-electron chi connectivity index (χ0n) is 14.5. The van der Waals surface area contributed by atoms with E-state index in [0.717, 1.165) is 19.6 Å². The van der Waals surface area contributed by atoms with Crippen LogP contribution in [0.2, 0.25) is 0 Å². The molecule has 0 aliphatic rings. The molecule has 0 bridgehead atoms. The van der Waals surface area contributed by atoms with E-state index in [1.807, 2.05) is 34.9 Å². The largest absolute Gasteiger partial charge is 0.497 e. The second kappa shape index (κ2) is 7.97.